The fourth-order valence-corrected chi connectivity index (χ4v) is 1.89. The fraction of sp³-hybridized carbons (Fsp3) is 0.158. The molecule has 2 rings (SSSR count). The molecule has 0 aromatic heterocycles. The highest BCUT2D eigenvalue weighted by molar-refractivity contribution is 6.39. The number of methoxy groups -OCH3 is 1. The molecule has 0 aliphatic heterocycles. The van der Waals surface area contributed by atoms with Crippen molar-refractivity contribution in [3.63, 3.8) is 0 Å². The molecule has 2 aromatic rings. The second kappa shape index (κ2) is 9.71. The molecule has 0 aliphatic carbocycles. The molecule has 0 bridgehead atoms. The van der Waals surface area contributed by atoms with Gasteiger partial charge in [0.2, 0.25) is 0 Å². The van der Waals surface area contributed by atoms with Crippen LogP contribution in [0.5, 0.6) is 5.75 Å². The lowest BCUT2D eigenvalue weighted by Gasteiger charge is -2.05. The van der Waals surface area contributed by atoms with Crippen LogP contribution in [0.25, 0.3) is 0 Å². The smallest absolute Gasteiger partial charge is 0.343 e. The van der Waals surface area contributed by atoms with E-state index in [9.17, 15) is 14.4 Å². The number of hydrogen-bond acceptors (Lipinski definition) is 6. The van der Waals surface area contributed by atoms with Crippen LogP contribution >= 0.6 is 0 Å². The Morgan fingerprint density at radius 2 is 1.67 bits per heavy atom. The molecule has 2 aromatic carbocycles. The molecule has 8 heteroatoms. The van der Waals surface area contributed by atoms with E-state index in [1.54, 1.807) is 36.4 Å². The van der Waals surface area contributed by atoms with E-state index in [0.717, 1.165) is 5.56 Å². The van der Waals surface area contributed by atoms with Gasteiger partial charge >= 0.3 is 17.8 Å². The highest BCUT2D eigenvalue weighted by Gasteiger charge is 2.12. The van der Waals surface area contributed by atoms with Crippen molar-refractivity contribution in [1.82, 2.24) is 5.43 Å². The number of carbonyl (C=O) groups is 3. The van der Waals surface area contributed by atoms with Crippen LogP contribution in [0.4, 0.5) is 5.69 Å². The maximum absolute atomic E-state index is 11.8. The minimum Gasteiger partial charge on any atom is -0.482 e. The lowest BCUT2D eigenvalue weighted by atomic mass is 10.2. The van der Waals surface area contributed by atoms with Gasteiger partial charge in [0.1, 0.15) is 5.75 Å². The van der Waals surface area contributed by atoms with E-state index >= 15 is 0 Å². The number of ether oxygens (including phenoxy) is 2. The largest absolute Gasteiger partial charge is 0.482 e. The third-order valence-corrected chi connectivity index (χ3v) is 3.36. The quantitative estimate of drug-likeness (QED) is 0.348. The Kier molecular flexibility index (Phi) is 7.07. The van der Waals surface area contributed by atoms with Crippen molar-refractivity contribution in [3.8, 4) is 5.75 Å². The second-order valence-electron chi connectivity index (χ2n) is 5.45. The Labute approximate surface area is 156 Å². The van der Waals surface area contributed by atoms with Gasteiger partial charge < -0.3 is 14.8 Å². The fourth-order valence-electron chi connectivity index (χ4n) is 1.89. The SMILES string of the molecule is COC(=O)COc1ccc(/C=N\NC(=O)C(=O)Nc2ccc(C)cc2)cc1. The van der Waals surface area contributed by atoms with E-state index in [-0.39, 0.29) is 6.61 Å². The maximum Gasteiger partial charge on any atom is 0.343 e. The van der Waals surface area contributed by atoms with Crippen LogP contribution in [0.3, 0.4) is 0 Å². The van der Waals surface area contributed by atoms with Crippen LogP contribution in [-0.2, 0) is 19.1 Å². The Hall–Kier alpha value is -3.68. The number of benzene rings is 2. The molecule has 8 nitrogen and oxygen atoms in total. The lowest BCUT2D eigenvalue weighted by Crippen LogP contribution is -2.32. The monoisotopic (exact) mass is 369 g/mol. The maximum atomic E-state index is 11.8. The minimum atomic E-state index is -0.884. The van der Waals surface area contributed by atoms with E-state index in [4.69, 9.17) is 4.74 Å². The molecular formula is C19H19N3O5. The van der Waals surface area contributed by atoms with Crippen molar-refractivity contribution in [2.45, 2.75) is 6.92 Å². The molecule has 27 heavy (non-hydrogen) atoms. The minimum absolute atomic E-state index is 0.184. The van der Waals surface area contributed by atoms with Crippen molar-refractivity contribution >= 4 is 29.7 Å². The first-order chi connectivity index (χ1) is 13.0. The molecule has 0 saturated carbocycles. The Balaban J connectivity index is 1.81. The molecule has 140 valence electrons. The summed E-state index contributed by atoms with van der Waals surface area (Å²) in [6.07, 6.45) is 1.38. The average molecular weight is 369 g/mol. The van der Waals surface area contributed by atoms with Gasteiger partial charge in [-0.2, -0.15) is 5.10 Å². The third-order valence-electron chi connectivity index (χ3n) is 3.36. The summed E-state index contributed by atoms with van der Waals surface area (Å²) in [5.41, 5.74) is 4.38. The number of nitrogens with one attached hydrogen (secondary N) is 2. The van der Waals surface area contributed by atoms with Crippen LogP contribution < -0.4 is 15.5 Å². The van der Waals surface area contributed by atoms with Crippen LogP contribution in [-0.4, -0.2) is 37.7 Å². The van der Waals surface area contributed by atoms with Crippen molar-refractivity contribution < 1.29 is 23.9 Å². The molecule has 0 saturated heterocycles. The highest BCUT2D eigenvalue weighted by atomic mass is 16.6. The summed E-state index contributed by atoms with van der Waals surface area (Å²) in [5, 5.41) is 6.21. The molecular weight excluding hydrogens is 350 g/mol. The van der Waals surface area contributed by atoms with Gasteiger partial charge in [0.05, 0.1) is 13.3 Å². The topological polar surface area (TPSA) is 106 Å². The van der Waals surface area contributed by atoms with Crippen molar-refractivity contribution in [1.29, 1.82) is 0 Å². The van der Waals surface area contributed by atoms with Crippen LogP contribution in [0, 0.1) is 6.92 Å². The summed E-state index contributed by atoms with van der Waals surface area (Å²) >= 11 is 0. The van der Waals surface area contributed by atoms with E-state index < -0.39 is 17.8 Å². The van der Waals surface area contributed by atoms with E-state index in [1.165, 1.54) is 13.3 Å². The summed E-state index contributed by atoms with van der Waals surface area (Å²) in [6, 6.07) is 13.7. The second-order valence-corrected chi connectivity index (χ2v) is 5.45. The number of anilines is 1. The molecule has 0 atom stereocenters. The zero-order chi connectivity index (χ0) is 19.6. The first-order valence-corrected chi connectivity index (χ1v) is 7.98. The van der Waals surface area contributed by atoms with Gasteiger partial charge in [-0.3, -0.25) is 9.59 Å². The number of aryl methyl sites for hydroxylation is 1. The Bertz CT molecular complexity index is 829. The molecule has 0 unspecified atom stereocenters. The van der Waals surface area contributed by atoms with Gasteiger partial charge in [0.15, 0.2) is 6.61 Å². The summed E-state index contributed by atoms with van der Waals surface area (Å²) in [5.74, 6) is -1.70. The normalized spacial score (nSPS) is 10.3. The predicted octanol–water partition coefficient (Wildman–Crippen LogP) is 1.64. The molecule has 0 heterocycles. The standard InChI is InChI=1S/C19H19N3O5/c1-13-3-7-15(8-4-13)21-18(24)19(25)22-20-11-14-5-9-16(10-6-14)27-12-17(23)26-2/h3-11H,12H2,1-2H3,(H,21,24)(H,22,25)/b20-11-. The van der Waals surface area contributed by atoms with Gasteiger partial charge in [-0.25, -0.2) is 10.2 Å². The Morgan fingerprint density at radius 1 is 1.00 bits per heavy atom. The first kappa shape index (κ1) is 19.6. The van der Waals surface area contributed by atoms with Crippen LogP contribution in [0.1, 0.15) is 11.1 Å². The number of nitrogens with zero attached hydrogens (tertiary/aromatic N) is 1. The first-order valence-electron chi connectivity index (χ1n) is 7.98. The predicted molar refractivity (Wildman–Crippen MR) is 99.5 cm³/mol. The van der Waals surface area contributed by atoms with E-state index in [0.29, 0.717) is 17.0 Å². The molecule has 0 spiro atoms. The Morgan fingerprint density at radius 3 is 2.30 bits per heavy atom. The summed E-state index contributed by atoms with van der Waals surface area (Å²) in [6.45, 7) is 1.74. The van der Waals surface area contributed by atoms with Crippen molar-refractivity contribution in [3.05, 3.63) is 59.7 Å². The van der Waals surface area contributed by atoms with E-state index in [1.807, 2.05) is 19.1 Å². The van der Waals surface area contributed by atoms with Gasteiger partial charge in [-0.05, 0) is 48.9 Å². The van der Waals surface area contributed by atoms with Gasteiger partial charge in [-0.15, -0.1) is 0 Å². The molecule has 0 aliphatic rings. The van der Waals surface area contributed by atoms with Crippen molar-refractivity contribution in [2.75, 3.05) is 19.0 Å². The van der Waals surface area contributed by atoms with E-state index in [2.05, 4.69) is 20.6 Å². The summed E-state index contributed by atoms with van der Waals surface area (Å²) < 4.78 is 9.69. The molecule has 0 fully saturated rings. The molecule has 2 amide bonds. The lowest BCUT2D eigenvalue weighted by molar-refractivity contribution is -0.142. The summed E-state index contributed by atoms with van der Waals surface area (Å²) in [4.78, 5) is 34.5. The number of hydrogen-bond donors (Lipinski definition) is 2. The number of esters is 1. The number of carbonyl (C=O) groups excluding carboxylic acids is 3. The number of hydrazone groups is 1. The zero-order valence-electron chi connectivity index (χ0n) is 14.9. The van der Waals surface area contributed by atoms with Gasteiger partial charge in [-0.1, -0.05) is 17.7 Å². The average Bonchev–Trinajstić information content (AvgIpc) is 2.68. The summed E-state index contributed by atoms with van der Waals surface area (Å²) in [7, 11) is 1.28. The van der Waals surface area contributed by atoms with Crippen LogP contribution in [0.15, 0.2) is 53.6 Å². The van der Waals surface area contributed by atoms with Crippen molar-refractivity contribution in [2.24, 2.45) is 5.10 Å². The van der Waals surface area contributed by atoms with Crippen LogP contribution in [0.2, 0.25) is 0 Å². The molecule has 0 radical (unpaired) electrons. The number of amides is 2. The van der Waals surface area contributed by atoms with Gasteiger partial charge in [0, 0.05) is 5.69 Å². The number of rotatable bonds is 6. The van der Waals surface area contributed by atoms with Gasteiger partial charge in [0.25, 0.3) is 0 Å². The zero-order valence-corrected chi connectivity index (χ0v) is 14.9. The third kappa shape index (κ3) is 6.62. The molecule has 2 N–H and O–H groups in total. The highest BCUT2D eigenvalue weighted by Crippen LogP contribution is 2.11.